The molecule has 1 aromatic carbocycles. The van der Waals surface area contributed by atoms with Gasteiger partial charge in [-0.2, -0.15) is 0 Å². The zero-order valence-electron chi connectivity index (χ0n) is 12.7. The maximum Gasteiger partial charge on any atom is 0.249 e. The molecule has 3 N–H and O–H groups in total. The molecule has 1 amide bonds. The van der Waals surface area contributed by atoms with Crippen molar-refractivity contribution < 1.29 is 14.3 Å². The van der Waals surface area contributed by atoms with Crippen LogP contribution < -0.4 is 15.8 Å². The molecule has 0 saturated carbocycles. The number of carbonyl (C=O) groups is 1. The molecule has 0 spiro atoms. The summed E-state index contributed by atoms with van der Waals surface area (Å²) < 4.78 is 10.8. The van der Waals surface area contributed by atoms with Crippen molar-refractivity contribution in [1.29, 1.82) is 0 Å². The topological polar surface area (TPSA) is 73.6 Å². The smallest absolute Gasteiger partial charge is 0.249 e. The van der Waals surface area contributed by atoms with E-state index in [1.807, 2.05) is 31.2 Å². The Morgan fingerprint density at radius 3 is 2.67 bits per heavy atom. The molecule has 0 radical (unpaired) electrons. The Morgan fingerprint density at radius 2 is 2.14 bits per heavy atom. The first-order valence-electron chi connectivity index (χ1n) is 7.47. The van der Waals surface area contributed by atoms with E-state index in [0.29, 0.717) is 6.54 Å². The molecule has 5 heteroatoms. The molecule has 1 aliphatic rings. The van der Waals surface area contributed by atoms with Gasteiger partial charge in [-0.05, 0) is 37.0 Å². The number of carbonyl (C=O) groups excluding carboxylic acids is 1. The van der Waals surface area contributed by atoms with E-state index in [9.17, 15) is 4.79 Å². The molecule has 1 aromatic rings. The fourth-order valence-electron chi connectivity index (χ4n) is 2.59. The normalized spacial score (nSPS) is 22.8. The van der Waals surface area contributed by atoms with Crippen LogP contribution in [0.1, 0.15) is 37.8 Å². The second kappa shape index (κ2) is 7.43. The highest BCUT2D eigenvalue weighted by molar-refractivity contribution is 5.81. The standard InChI is InChI=1S/C16H24N2O3/c1-3-14(11-4-6-12(20-2)7-5-11)18-16(19)15-9-8-13(10-17)21-15/h4-7,13-15H,3,8-10,17H2,1-2H3,(H,18,19)/t13-,14?,15+/m1/s1. The zero-order chi connectivity index (χ0) is 15.2. The van der Waals surface area contributed by atoms with Crippen LogP contribution >= 0.6 is 0 Å². The fourth-order valence-corrected chi connectivity index (χ4v) is 2.59. The lowest BCUT2D eigenvalue weighted by Gasteiger charge is -2.20. The predicted octanol–water partition coefficient (Wildman–Crippen LogP) is 1.77. The van der Waals surface area contributed by atoms with Gasteiger partial charge in [0.05, 0.1) is 19.3 Å². The van der Waals surface area contributed by atoms with Crippen LogP contribution in [0.25, 0.3) is 0 Å². The maximum absolute atomic E-state index is 12.3. The SMILES string of the molecule is CCC(NC(=O)[C@@H]1CC[C@H](CN)O1)c1ccc(OC)cc1. The van der Waals surface area contributed by atoms with Crippen molar-refractivity contribution in [3.63, 3.8) is 0 Å². The van der Waals surface area contributed by atoms with Gasteiger partial charge >= 0.3 is 0 Å². The van der Waals surface area contributed by atoms with E-state index in [4.69, 9.17) is 15.2 Å². The lowest BCUT2D eigenvalue weighted by atomic mass is 10.0. The Hall–Kier alpha value is -1.59. The van der Waals surface area contributed by atoms with E-state index in [1.165, 1.54) is 0 Å². The first kappa shape index (κ1) is 15.8. The van der Waals surface area contributed by atoms with Gasteiger partial charge < -0.3 is 20.5 Å². The van der Waals surface area contributed by atoms with Gasteiger partial charge in [0, 0.05) is 6.54 Å². The summed E-state index contributed by atoms with van der Waals surface area (Å²) in [6, 6.07) is 7.75. The quantitative estimate of drug-likeness (QED) is 0.838. The molecule has 0 aromatic heterocycles. The lowest BCUT2D eigenvalue weighted by Crippen LogP contribution is -2.37. The van der Waals surface area contributed by atoms with Gasteiger partial charge in [-0.3, -0.25) is 4.79 Å². The van der Waals surface area contributed by atoms with Gasteiger partial charge in [0.1, 0.15) is 11.9 Å². The van der Waals surface area contributed by atoms with Crippen LogP contribution in [0.15, 0.2) is 24.3 Å². The Labute approximate surface area is 125 Å². The summed E-state index contributed by atoms with van der Waals surface area (Å²) in [5.41, 5.74) is 6.64. The number of benzene rings is 1. The van der Waals surface area contributed by atoms with Gasteiger partial charge in [-0.15, -0.1) is 0 Å². The number of hydrogen-bond acceptors (Lipinski definition) is 4. The first-order chi connectivity index (χ1) is 10.2. The number of nitrogens with two attached hydrogens (primary N) is 1. The molecule has 0 bridgehead atoms. The van der Waals surface area contributed by atoms with Gasteiger partial charge in [-0.25, -0.2) is 0 Å². The maximum atomic E-state index is 12.3. The number of hydrogen-bond donors (Lipinski definition) is 2. The molecular weight excluding hydrogens is 268 g/mol. The monoisotopic (exact) mass is 292 g/mol. The lowest BCUT2D eigenvalue weighted by molar-refractivity contribution is -0.132. The molecule has 0 aliphatic carbocycles. The Bertz CT molecular complexity index is 461. The van der Waals surface area contributed by atoms with Crippen molar-refractivity contribution in [2.45, 2.75) is 44.4 Å². The summed E-state index contributed by atoms with van der Waals surface area (Å²) in [5.74, 6) is 0.762. The van der Waals surface area contributed by atoms with Crippen LogP contribution in [0, 0.1) is 0 Å². The molecule has 3 atom stereocenters. The summed E-state index contributed by atoms with van der Waals surface area (Å²) >= 11 is 0. The average molecular weight is 292 g/mol. The summed E-state index contributed by atoms with van der Waals surface area (Å²) in [6.07, 6.45) is 2.07. The van der Waals surface area contributed by atoms with E-state index < -0.39 is 0 Å². The highest BCUT2D eigenvalue weighted by Gasteiger charge is 2.30. The Kier molecular flexibility index (Phi) is 5.59. The number of amides is 1. The van der Waals surface area contributed by atoms with E-state index >= 15 is 0 Å². The summed E-state index contributed by atoms with van der Waals surface area (Å²) in [6.45, 7) is 2.52. The largest absolute Gasteiger partial charge is 0.497 e. The molecule has 1 aliphatic heterocycles. The van der Waals surface area contributed by atoms with Gasteiger partial charge in [0.25, 0.3) is 0 Å². The van der Waals surface area contributed by atoms with Crippen molar-refractivity contribution in [1.82, 2.24) is 5.32 Å². The van der Waals surface area contributed by atoms with E-state index in [0.717, 1.165) is 30.6 Å². The Morgan fingerprint density at radius 1 is 1.43 bits per heavy atom. The summed E-state index contributed by atoms with van der Waals surface area (Å²) in [4.78, 5) is 12.3. The van der Waals surface area contributed by atoms with Crippen LogP contribution in [0.2, 0.25) is 0 Å². The van der Waals surface area contributed by atoms with Gasteiger partial charge in [-0.1, -0.05) is 19.1 Å². The van der Waals surface area contributed by atoms with Gasteiger partial charge in [0.2, 0.25) is 5.91 Å². The van der Waals surface area contributed by atoms with Gasteiger partial charge in [0.15, 0.2) is 0 Å². The van der Waals surface area contributed by atoms with Crippen LogP contribution in [-0.4, -0.2) is 31.8 Å². The minimum absolute atomic E-state index is 0.0102. The van der Waals surface area contributed by atoms with E-state index in [1.54, 1.807) is 7.11 Å². The number of methoxy groups -OCH3 is 1. The molecule has 1 fully saturated rings. The molecule has 116 valence electrons. The first-order valence-corrected chi connectivity index (χ1v) is 7.47. The molecule has 21 heavy (non-hydrogen) atoms. The summed E-state index contributed by atoms with van der Waals surface area (Å²) in [7, 11) is 1.64. The number of nitrogens with one attached hydrogen (secondary N) is 1. The third-order valence-electron chi connectivity index (χ3n) is 3.91. The molecule has 1 saturated heterocycles. The number of rotatable bonds is 6. The third kappa shape index (κ3) is 3.95. The number of ether oxygens (including phenoxy) is 2. The van der Waals surface area contributed by atoms with Crippen molar-refractivity contribution >= 4 is 5.91 Å². The minimum atomic E-state index is -0.370. The predicted molar refractivity (Wildman–Crippen MR) is 81.1 cm³/mol. The highest BCUT2D eigenvalue weighted by atomic mass is 16.5. The highest BCUT2D eigenvalue weighted by Crippen LogP contribution is 2.23. The molecule has 2 rings (SSSR count). The minimum Gasteiger partial charge on any atom is -0.497 e. The fraction of sp³-hybridized carbons (Fsp3) is 0.562. The van der Waals surface area contributed by atoms with E-state index in [2.05, 4.69) is 5.32 Å². The van der Waals surface area contributed by atoms with Crippen LogP contribution in [0.4, 0.5) is 0 Å². The second-order valence-corrected chi connectivity index (χ2v) is 5.30. The third-order valence-corrected chi connectivity index (χ3v) is 3.91. The molecule has 5 nitrogen and oxygen atoms in total. The van der Waals surface area contributed by atoms with Crippen molar-refractivity contribution in [3.05, 3.63) is 29.8 Å². The summed E-state index contributed by atoms with van der Waals surface area (Å²) in [5, 5.41) is 3.06. The Balaban J connectivity index is 1.96. The molecular formula is C16H24N2O3. The van der Waals surface area contributed by atoms with Crippen LogP contribution in [-0.2, 0) is 9.53 Å². The molecule has 1 heterocycles. The second-order valence-electron chi connectivity index (χ2n) is 5.30. The van der Waals surface area contributed by atoms with Crippen molar-refractivity contribution in [2.75, 3.05) is 13.7 Å². The van der Waals surface area contributed by atoms with Crippen molar-refractivity contribution in [2.24, 2.45) is 5.73 Å². The van der Waals surface area contributed by atoms with E-state index in [-0.39, 0.29) is 24.2 Å². The van der Waals surface area contributed by atoms with Crippen molar-refractivity contribution in [3.8, 4) is 5.75 Å². The molecule has 1 unspecified atom stereocenters. The zero-order valence-corrected chi connectivity index (χ0v) is 12.7. The van der Waals surface area contributed by atoms with Crippen LogP contribution in [0.5, 0.6) is 5.75 Å². The van der Waals surface area contributed by atoms with Crippen LogP contribution in [0.3, 0.4) is 0 Å². The average Bonchev–Trinajstić information content (AvgIpc) is 3.01.